The van der Waals surface area contributed by atoms with Crippen LogP contribution in [0.4, 0.5) is 0 Å². The maximum atomic E-state index is 11.8. The molecule has 1 N–H and O–H groups in total. The fraction of sp³-hybridized carbons (Fsp3) is 0.833. The van der Waals surface area contributed by atoms with Gasteiger partial charge in [0.1, 0.15) is 6.61 Å². The maximum absolute atomic E-state index is 11.8. The van der Waals surface area contributed by atoms with Crippen molar-refractivity contribution in [3.63, 3.8) is 0 Å². The molecule has 2 heterocycles. The third-order valence-corrected chi connectivity index (χ3v) is 3.44. The lowest BCUT2D eigenvalue weighted by atomic mass is 10.1. The molecule has 2 aliphatic heterocycles. The molecule has 2 rings (SSSR count). The van der Waals surface area contributed by atoms with Crippen LogP contribution in [0.1, 0.15) is 19.3 Å². The monoisotopic (exact) mass is 257 g/mol. The highest BCUT2D eigenvalue weighted by Crippen LogP contribution is 2.16. The second-order valence-electron chi connectivity index (χ2n) is 4.81. The standard InChI is InChI=1S/C12H19NO5/c14-11(8-17-7-10-2-1-5-18-10)13-4-3-9(6-13)12(15)16/h9-10H,1-8H2,(H,15,16)/t9-,10+/m0/s1. The molecule has 0 aliphatic carbocycles. The van der Waals surface area contributed by atoms with Crippen LogP contribution in [0.5, 0.6) is 0 Å². The van der Waals surface area contributed by atoms with E-state index in [-0.39, 0.29) is 18.6 Å². The lowest BCUT2D eigenvalue weighted by molar-refractivity contribution is -0.141. The molecule has 2 fully saturated rings. The number of aliphatic carboxylic acids is 1. The molecule has 0 spiro atoms. The summed E-state index contributed by atoms with van der Waals surface area (Å²) in [5.41, 5.74) is 0. The first-order chi connectivity index (χ1) is 8.66. The first-order valence-corrected chi connectivity index (χ1v) is 6.36. The van der Waals surface area contributed by atoms with Gasteiger partial charge < -0.3 is 19.5 Å². The molecule has 0 aromatic rings. The molecule has 0 radical (unpaired) electrons. The van der Waals surface area contributed by atoms with Crippen LogP contribution in [0.3, 0.4) is 0 Å². The summed E-state index contributed by atoms with van der Waals surface area (Å²) < 4.78 is 10.7. The summed E-state index contributed by atoms with van der Waals surface area (Å²) in [7, 11) is 0. The minimum absolute atomic E-state index is 0.0200. The predicted molar refractivity (Wildman–Crippen MR) is 62.1 cm³/mol. The van der Waals surface area contributed by atoms with Crippen LogP contribution in [0, 0.1) is 5.92 Å². The zero-order valence-electron chi connectivity index (χ0n) is 10.3. The van der Waals surface area contributed by atoms with Gasteiger partial charge in [-0.25, -0.2) is 0 Å². The third-order valence-electron chi connectivity index (χ3n) is 3.44. The van der Waals surface area contributed by atoms with Crippen LogP contribution < -0.4 is 0 Å². The predicted octanol–water partition coefficient (Wildman–Crippen LogP) is 0.115. The van der Waals surface area contributed by atoms with Gasteiger partial charge in [-0.05, 0) is 19.3 Å². The molecule has 0 aromatic carbocycles. The second kappa shape index (κ2) is 6.15. The SMILES string of the molecule is O=C(O)[C@H]1CCN(C(=O)COC[C@H]2CCCO2)C1. The van der Waals surface area contributed by atoms with Crippen LogP contribution in [-0.2, 0) is 19.1 Å². The highest BCUT2D eigenvalue weighted by molar-refractivity contribution is 5.79. The van der Waals surface area contributed by atoms with Gasteiger partial charge >= 0.3 is 5.97 Å². The zero-order valence-corrected chi connectivity index (χ0v) is 10.3. The zero-order chi connectivity index (χ0) is 13.0. The Hall–Kier alpha value is -1.14. The van der Waals surface area contributed by atoms with Gasteiger partial charge in [-0.1, -0.05) is 0 Å². The van der Waals surface area contributed by atoms with Crippen LogP contribution in [0.25, 0.3) is 0 Å². The number of ether oxygens (including phenoxy) is 2. The smallest absolute Gasteiger partial charge is 0.308 e. The van der Waals surface area contributed by atoms with Crippen LogP contribution in [0.15, 0.2) is 0 Å². The van der Waals surface area contributed by atoms with Gasteiger partial charge in [0.05, 0.1) is 18.6 Å². The van der Waals surface area contributed by atoms with E-state index >= 15 is 0 Å². The Bertz CT molecular complexity index is 314. The Morgan fingerprint density at radius 3 is 2.83 bits per heavy atom. The van der Waals surface area contributed by atoms with E-state index in [4.69, 9.17) is 14.6 Å². The number of rotatable bonds is 5. The average molecular weight is 257 g/mol. The molecule has 2 atom stereocenters. The molecule has 2 saturated heterocycles. The van der Waals surface area contributed by atoms with Crippen molar-refractivity contribution in [2.24, 2.45) is 5.92 Å². The summed E-state index contributed by atoms with van der Waals surface area (Å²) >= 11 is 0. The van der Waals surface area contributed by atoms with Gasteiger partial charge in [0, 0.05) is 19.7 Å². The second-order valence-corrected chi connectivity index (χ2v) is 4.81. The van der Waals surface area contributed by atoms with E-state index in [1.54, 1.807) is 4.90 Å². The molecule has 6 nitrogen and oxygen atoms in total. The minimum Gasteiger partial charge on any atom is -0.481 e. The summed E-state index contributed by atoms with van der Waals surface area (Å²) in [5, 5.41) is 8.85. The highest BCUT2D eigenvalue weighted by Gasteiger charge is 2.30. The number of hydrogen-bond acceptors (Lipinski definition) is 4. The summed E-state index contributed by atoms with van der Waals surface area (Å²) in [4.78, 5) is 24.1. The fourth-order valence-corrected chi connectivity index (χ4v) is 2.33. The van der Waals surface area contributed by atoms with E-state index in [0.717, 1.165) is 19.4 Å². The van der Waals surface area contributed by atoms with E-state index < -0.39 is 11.9 Å². The van der Waals surface area contributed by atoms with Gasteiger partial charge in [0.2, 0.25) is 5.91 Å². The van der Waals surface area contributed by atoms with E-state index in [1.165, 1.54) is 0 Å². The molecule has 18 heavy (non-hydrogen) atoms. The number of likely N-dealkylation sites (tertiary alicyclic amines) is 1. The van der Waals surface area contributed by atoms with Gasteiger partial charge in [-0.3, -0.25) is 9.59 Å². The van der Waals surface area contributed by atoms with Gasteiger partial charge in [0.15, 0.2) is 0 Å². The lowest BCUT2D eigenvalue weighted by Crippen LogP contribution is -2.33. The van der Waals surface area contributed by atoms with E-state index in [2.05, 4.69) is 0 Å². The van der Waals surface area contributed by atoms with Crippen LogP contribution >= 0.6 is 0 Å². The first kappa shape index (κ1) is 13.3. The van der Waals surface area contributed by atoms with Crippen molar-refractivity contribution in [1.82, 2.24) is 4.90 Å². The fourth-order valence-electron chi connectivity index (χ4n) is 2.33. The van der Waals surface area contributed by atoms with Gasteiger partial charge in [-0.2, -0.15) is 0 Å². The van der Waals surface area contributed by atoms with Crippen LogP contribution in [-0.4, -0.2) is 60.9 Å². The third kappa shape index (κ3) is 3.43. The number of carboxylic acid groups (broad SMARTS) is 1. The summed E-state index contributed by atoms with van der Waals surface area (Å²) in [6.07, 6.45) is 2.68. The van der Waals surface area contributed by atoms with Crippen molar-refractivity contribution in [2.75, 3.05) is 32.9 Å². The highest BCUT2D eigenvalue weighted by atomic mass is 16.5. The van der Waals surface area contributed by atoms with Crippen molar-refractivity contribution in [1.29, 1.82) is 0 Å². The van der Waals surface area contributed by atoms with Crippen LogP contribution in [0.2, 0.25) is 0 Å². The Morgan fingerprint density at radius 1 is 1.39 bits per heavy atom. The molecule has 0 aromatic heterocycles. The van der Waals surface area contributed by atoms with E-state index in [1.807, 2.05) is 0 Å². The molecule has 6 heteroatoms. The Balaban J connectivity index is 1.64. The number of amides is 1. The Morgan fingerprint density at radius 2 is 2.22 bits per heavy atom. The van der Waals surface area contributed by atoms with Crippen molar-refractivity contribution in [2.45, 2.75) is 25.4 Å². The minimum atomic E-state index is -0.828. The summed E-state index contributed by atoms with van der Waals surface area (Å²) in [6.45, 7) is 2.05. The molecular formula is C12H19NO5. The molecule has 1 amide bonds. The maximum Gasteiger partial charge on any atom is 0.308 e. The number of nitrogens with zero attached hydrogens (tertiary/aromatic N) is 1. The summed E-state index contributed by atoms with van der Waals surface area (Å²) in [6, 6.07) is 0. The van der Waals surface area contributed by atoms with Crippen molar-refractivity contribution >= 4 is 11.9 Å². The number of carbonyl (C=O) groups excluding carboxylic acids is 1. The van der Waals surface area contributed by atoms with Gasteiger partial charge in [-0.15, -0.1) is 0 Å². The quantitative estimate of drug-likeness (QED) is 0.756. The first-order valence-electron chi connectivity index (χ1n) is 6.36. The topological polar surface area (TPSA) is 76.1 Å². The van der Waals surface area contributed by atoms with Crippen molar-refractivity contribution in [3.8, 4) is 0 Å². The molecule has 2 aliphatic rings. The Labute approximate surface area is 106 Å². The molecule has 0 bridgehead atoms. The molecule has 0 unspecified atom stereocenters. The van der Waals surface area contributed by atoms with Gasteiger partial charge in [0.25, 0.3) is 0 Å². The molecular weight excluding hydrogens is 238 g/mol. The van der Waals surface area contributed by atoms with Crippen molar-refractivity contribution in [3.05, 3.63) is 0 Å². The average Bonchev–Trinajstić information content (AvgIpc) is 2.99. The number of carboxylic acids is 1. The molecule has 0 saturated carbocycles. The normalized spacial score (nSPS) is 27.7. The summed E-state index contributed by atoms with van der Waals surface area (Å²) in [5.74, 6) is -1.38. The largest absolute Gasteiger partial charge is 0.481 e. The van der Waals surface area contributed by atoms with E-state index in [9.17, 15) is 9.59 Å². The van der Waals surface area contributed by atoms with E-state index in [0.29, 0.717) is 26.1 Å². The van der Waals surface area contributed by atoms with Crippen molar-refractivity contribution < 1.29 is 24.2 Å². The lowest BCUT2D eigenvalue weighted by Gasteiger charge is -2.16. The number of hydrogen-bond donors (Lipinski definition) is 1. The number of carbonyl (C=O) groups is 2. The Kier molecular flexibility index (Phi) is 4.54. The molecule has 102 valence electrons.